The van der Waals surface area contributed by atoms with Crippen molar-refractivity contribution in [1.29, 1.82) is 0 Å². The Balaban J connectivity index is 1.95. The molecule has 0 aliphatic rings. The Hall–Kier alpha value is -3.09. The van der Waals surface area contributed by atoms with E-state index in [0.717, 1.165) is 5.56 Å². The minimum atomic E-state index is -0.453. The number of nitro groups is 1. The average molecular weight is 344 g/mol. The minimum absolute atomic E-state index is 0.0203. The standard InChI is InChI=1S/C18H20N2O5/c1-13-10-15(8-9-16(13)20(22)23)25-12-18(21)19(2)11-14-6-4-5-7-17(14)24-3/h4-10H,11-12H2,1-3H3. The Bertz CT molecular complexity index is 776. The summed E-state index contributed by atoms with van der Waals surface area (Å²) < 4.78 is 10.7. The van der Waals surface area contributed by atoms with E-state index in [2.05, 4.69) is 0 Å². The summed E-state index contributed by atoms with van der Waals surface area (Å²) in [5, 5.41) is 10.8. The van der Waals surface area contributed by atoms with Gasteiger partial charge in [-0.05, 0) is 25.1 Å². The number of nitrogens with zero attached hydrogens (tertiary/aromatic N) is 2. The molecule has 132 valence electrons. The van der Waals surface area contributed by atoms with Crippen LogP contribution in [0.5, 0.6) is 11.5 Å². The van der Waals surface area contributed by atoms with Gasteiger partial charge in [0.25, 0.3) is 11.6 Å². The van der Waals surface area contributed by atoms with E-state index >= 15 is 0 Å². The van der Waals surface area contributed by atoms with Crippen LogP contribution in [0.25, 0.3) is 0 Å². The first kappa shape index (κ1) is 18.3. The third-order valence-corrected chi connectivity index (χ3v) is 3.75. The Labute approximate surface area is 145 Å². The summed E-state index contributed by atoms with van der Waals surface area (Å²) >= 11 is 0. The van der Waals surface area contributed by atoms with Gasteiger partial charge < -0.3 is 14.4 Å². The lowest BCUT2D eigenvalue weighted by Gasteiger charge is -2.19. The van der Waals surface area contributed by atoms with Crippen molar-refractivity contribution in [1.82, 2.24) is 4.90 Å². The van der Waals surface area contributed by atoms with E-state index in [-0.39, 0.29) is 18.2 Å². The van der Waals surface area contributed by atoms with Crippen molar-refractivity contribution in [2.45, 2.75) is 13.5 Å². The molecule has 0 saturated carbocycles. The van der Waals surface area contributed by atoms with Gasteiger partial charge >= 0.3 is 0 Å². The maximum Gasteiger partial charge on any atom is 0.272 e. The zero-order valence-electron chi connectivity index (χ0n) is 14.4. The molecular formula is C18H20N2O5. The maximum absolute atomic E-state index is 12.2. The smallest absolute Gasteiger partial charge is 0.272 e. The van der Waals surface area contributed by atoms with Crippen molar-refractivity contribution in [2.24, 2.45) is 0 Å². The number of amides is 1. The number of carbonyl (C=O) groups is 1. The lowest BCUT2D eigenvalue weighted by molar-refractivity contribution is -0.385. The van der Waals surface area contributed by atoms with Crippen LogP contribution in [0.1, 0.15) is 11.1 Å². The number of carbonyl (C=O) groups excluding carboxylic acids is 1. The second kappa shape index (κ2) is 8.14. The van der Waals surface area contributed by atoms with Gasteiger partial charge in [0.1, 0.15) is 11.5 Å². The quantitative estimate of drug-likeness (QED) is 0.570. The number of para-hydroxylation sites is 1. The van der Waals surface area contributed by atoms with Crippen LogP contribution >= 0.6 is 0 Å². The molecule has 0 aromatic heterocycles. The normalized spacial score (nSPS) is 10.2. The summed E-state index contributed by atoms with van der Waals surface area (Å²) in [5.41, 5.74) is 1.40. The second-order valence-corrected chi connectivity index (χ2v) is 5.56. The third-order valence-electron chi connectivity index (χ3n) is 3.75. The zero-order valence-corrected chi connectivity index (χ0v) is 14.4. The fourth-order valence-electron chi connectivity index (χ4n) is 2.36. The Morgan fingerprint density at radius 2 is 1.96 bits per heavy atom. The number of likely N-dealkylation sites (N-methyl/N-ethyl adjacent to an activating group) is 1. The van der Waals surface area contributed by atoms with Crippen LogP contribution in [0.15, 0.2) is 42.5 Å². The summed E-state index contributed by atoms with van der Waals surface area (Å²) in [6, 6.07) is 11.9. The van der Waals surface area contributed by atoms with E-state index in [1.54, 1.807) is 27.1 Å². The van der Waals surface area contributed by atoms with E-state index in [9.17, 15) is 14.9 Å². The van der Waals surface area contributed by atoms with Gasteiger partial charge in [-0.2, -0.15) is 0 Å². The molecule has 0 unspecified atom stereocenters. The van der Waals surface area contributed by atoms with E-state index in [4.69, 9.17) is 9.47 Å². The highest BCUT2D eigenvalue weighted by Gasteiger charge is 2.14. The molecule has 0 radical (unpaired) electrons. The van der Waals surface area contributed by atoms with Crippen molar-refractivity contribution in [3.63, 3.8) is 0 Å². The molecule has 0 bridgehead atoms. The first-order chi connectivity index (χ1) is 11.9. The van der Waals surface area contributed by atoms with Crippen molar-refractivity contribution in [2.75, 3.05) is 20.8 Å². The lowest BCUT2D eigenvalue weighted by Crippen LogP contribution is -2.31. The average Bonchev–Trinajstić information content (AvgIpc) is 2.59. The lowest BCUT2D eigenvalue weighted by atomic mass is 10.2. The van der Waals surface area contributed by atoms with Crippen molar-refractivity contribution < 1.29 is 19.2 Å². The summed E-state index contributed by atoms with van der Waals surface area (Å²) in [7, 11) is 3.26. The molecule has 25 heavy (non-hydrogen) atoms. The van der Waals surface area contributed by atoms with Gasteiger partial charge in [0.15, 0.2) is 6.61 Å². The second-order valence-electron chi connectivity index (χ2n) is 5.56. The molecule has 0 spiro atoms. The first-order valence-electron chi connectivity index (χ1n) is 7.66. The summed E-state index contributed by atoms with van der Waals surface area (Å²) in [5.74, 6) is 0.929. The largest absolute Gasteiger partial charge is 0.496 e. The molecular weight excluding hydrogens is 324 g/mol. The summed E-state index contributed by atoms with van der Waals surface area (Å²) in [4.78, 5) is 24.1. The number of nitro benzene ring substituents is 1. The summed E-state index contributed by atoms with van der Waals surface area (Å²) in [6.45, 7) is 1.87. The van der Waals surface area contributed by atoms with Gasteiger partial charge in [-0.25, -0.2) is 0 Å². The number of hydrogen-bond donors (Lipinski definition) is 0. The molecule has 7 nitrogen and oxygen atoms in total. The van der Waals surface area contributed by atoms with Gasteiger partial charge in [0.05, 0.1) is 12.0 Å². The van der Waals surface area contributed by atoms with Gasteiger partial charge in [-0.3, -0.25) is 14.9 Å². The molecule has 1 amide bonds. The molecule has 0 atom stereocenters. The van der Waals surface area contributed by atoms with Crippen LogP contribution < -0.4 is 9.47 Å². The fraction of sp³-hybridized carbons (Fsp3) is 0.278. The predicted molar refractivity (Wildman–Crippen MR) is 92.8 cm³/mol. The number of methoxy groups -OCH3 is 1. The van der Waals surface area contributed by atoms with Crippen molar-refractivity contribution >= 4 is 11.6 Å². The number of aryl methyl sites for hydroxylation is 1. The van der Waals surface area contributed by atoms with Crippen molar-refractivity contribution in [3.8, 4) is 11.5 Å². The maximum atomic E-state index is 12.2. The third kappa shape index (κ3) is 4.69. The number of hydrogen-bond acceptors (Lipinski definition) is 5. The zero-order chi connectivity index (χ0) is 18.4. The molecule has 7 heteroatoms. The Kier molecular flexibility index (Phi) is 5.94. The van der Waals surface area contributed by atoms with E-state index < -0.39 is 4.92 Å². The molecule has 2 rings (SSSR count). The van der Waals surface area contributed by atoms with Gasteiger partial charge in [0, 0.05) is 30.8 Å². The molecule has 2 aromatic rings. The predicted octanol–water partition coefficient (Wildman–Crippen LogP) is 2.95. The van der Waals surface area contributed by atoms with Gasteiger partial charge in [-0.1, -0.05) is 18.2 Å². The Morgan fingerprint density at radius 1 is 1.24 bits per heavy atom. The molecule has 0 saturated heterocycles. The first-order valence-corrected chi connectivity index (χ1v) is 7.66. The molecule has 0 fully saturated rings. The fourth-order valence-corrected chi connectivity index (χ4v) is 2.36. The number of ether oxygens (including phenoxy) is 2. The Morgan fingerprint density at radius 3 is 2.60 bits per heavy atom. The van der Waals surface area contributed by atoms with Crippen LogP contribution in [0.2, 0.25) is 0 Å². The summed E-state index contributed by atoms with van der Waals surface area (Å²) in [6.07, 6.45) is 0. The van der Waals surface area contributed by atoms with Crippen LogP contribution in [-0.4, -0.2) is 36.5 Å². The molecule has 0 N–H and O–H groups in total. The van der Waals surface area contributed by atoms with Gasteiger partial charge in [0.2, 0.25) is 0 Å². The van der Waals surface area contributed by atoms with Crippen LogP contribution in [0, 0.1) is 17.0 Å². The van der Waals surface area contributed by atoms with Crippen LogP contribution in [-0.2, 0) is 11.3 Å². The highest BCUT2D eigenvalue weighted by atomic mass is 16.6. The minimum Gasteiger partial charge on any atom is -0.496 e. The topological polar surface area (TPSA) is 81.9 Å². The molecule has 0 heterocycles. The van der Waals surface area contributed by atoms with Gasteiger partial charge in [-0.15, -0.1) is 0 Å². The molecule has 0 aliphatic heterocycles. The van der Waals surface area contributed by atoms with Crippen LogP contribution in [0.3, 0.4) is 0 Å². The molecule has 2 aromatic carbocycles. The monoisotopic (exact) mass is 344 g/mol. The van der Waals surface area contributed by atoms with E-state index in [1.807, 2.05) is 24.3 Å². The highest BCUT2D eigenvalue weighted by molar-refractivity contribution is 5.77. The van der Waals surface area contributed by atoms with E-state index in [1.165, 1.54) is 17.0 Å². The molecule has 0 aliphatic carbocycles. The number of benzene rings is 2. The SMILES string of the molecule is COc1ccccc1CN(C)C(=O)COc1ccc([N+](=O)[O-])c(C)c1. The van der Waals surface area contributed by atoms with Crippen molar-refractivity contribution in [3.05, 3.63) is 63.7 Å². The van der Waals surface area contributed by atoms with E-state index in [0.29, 0.717) is 23.6 Å². The number of rotatable bonds is 7. The highest BCUT2D eigenvalue weighted by Crippen LogP contribution is 2.23. The van der Waals surface area contributed by atoms with Crippen LogP contribution in [0.4, 0.5) is 5.69 Å².